The van der Waals surface area contributed by atoms with E-state index in [9.17, 15) is 0 Å². The van der Waals surface area contributed by atoms with Crippen molar-refractivity contribution in [3.05, 3.63) is 29.8 Å². The van der Waals surface area contributed by atoms with Crippen LogP contribution in [0.5, 0.6) is 5.75 Å². The van der Waals surface area contributed by atoms with Gasteiger partial charge in [-0.05, 0) is 50.4 Å². The largest absolute Gasteiger partial charge is 0.497 e. The van der Waals surface area contributed by atoms with Gasteiger partial charge >= 0.3 is 0 Å². The molecule has 2 unspecified atom stereocenters. The predicted octanol–water partition coefficient (Wildman–Crippen LogP) is 2.43. The second-order valence-corrected chi connectivity index (χ2v) is 5.40. The van der Waals surface area contributed by atoms with E-state index in [1.54, 1.807) is 7.11 Å². The van der Waals surface area contributed by atoms with Crippen molar-refractivity contribution in [1.29, 1.82) is 0 Å². The monoisotopic (exact) mass is 248 g/mol. The number of rotatable bonds is 6. The molecule has 0 radical (unpaired) electrons. The fourth-order valence-electron chi connectivity index (χ4n) is 2.37. The lowest BCUT2D eigenvalue weighted by Gasteiger charge is -2.27. The third kappa shape index (κ3) is 3.24. The molecule has 0 saturated heterocycles. The fraction of sp³-hybridized carbons (Fsp3) is 0.600. The van der Waals surface area contributed by atoms with Gasteiger partial charge in [-0.15, -0.1) is 0 Å². The number of methoxy groups -OCH3 is 1. The van der Waals surface area contributed by atoms with Gasteiger partial charge in [-0.1, -0.05) is 12.1 Å². The van der Waals surface area contributed by atoms with Gasteiger partial charge in [-0.3, -0.25) is 0 Å². The summed E-state index contributed by atoms with van der Waals surface area (Å²) >= 11 is 0. The minimum absolute atomic E-state index is 0.0714. The van der Waals surface area contributed by atoms with Crippen LogP contribution in [0, 0.1) is 5.92 Å². The number of benzene rings is 1. The summed E-state index contributed by atoms with van der Waals surface area (Å²) < 4.78 is 5.16. The number of nitrogens with two attached hydrogens (primary N) is 1. The maximum atomic E-state index is 6.26. The molecule has 100 valence electrons. The molecule has 0 bridgehead atoms. The molecule has 0 aliphatic heterocycles. The first-order valence-electron chi connectivity index (χ1n) is 6.71. The van der Waals surface area contributed by atoms with Gasteiger partial charge in [0.15, 0.2) is 0 Å². The van der Waals surface area contributed by atoms with Gasteiger partial charge < -0.3 is 15.4 Å². The Hall–Kier alpha value is -1.06. The fourth-order valence-corrected chi connectivity index (χ4v) is 2.37. The van der Waals surface area contributed by atoms with Crippen LogP contribution in [-0.4, -0.2) is 31.6 Å². The Bertz CT molecular complexity index is 373. The first-order valence-corrected chi connectivity index (χ1v) is 6.71. The number of hydrogen-bond acceptors (Lipinski definition) is 3. The van der Waals surface area contributed by atoms with Crippen molar-refractivity contribution < 1.29 is 4.74 Å². The predicted molar refractivity (Wildman–Crippen MR) is 74.7 cm³/mol. The van der Waals surface area contributed by atoms with E-state index in [0.717, 1.165) is 18.2 Å². The summed E-state index contributed by atoms with van der Waals surface area (Å²) in [5.74, 6) is 1.77. The highest BCUT2D eigenvalue weighted by atomic mass is 16.5. The second-order valence-electron chi connectivity index (χ2n) is 5.40. The van der Waals surface area contributed by atoms with Crippen LogP contribution in [0.1, 0.15) is 31.4 Å². The van der Waals surface area contributed by atoms with E-state index in [1.165, 1.54) is 18.4 Å². The maximum absolute atomic E-state index is 6.26. The molecule has 1 saturated carbocycles. The molecule has 1 aliphatic rings. The summed E-state index contributed by atoms with van der Waals surface area (Å²) in [7, 11) is 3.85. The summed E-state index contributed by atoms with van der Waals surface area (Å²) in [4.78, 5) is 2.38. The van der Waals surface area contributed by atoms with Crippen LogP contribution in [-0.2, 0) is 0 Å². The summed E-state index contributed by atoms with van der Waals surface area (Å²) in [6, 6.07) is 8.77. The Morgan fingerprint density at radius 1 is 1.33 bits per heavy atom. The SMILES string of the molecule is COc1ccc(C(N)CN(C)C(C)C2CC2)cc1. The average molecular weight is 248 g/mol. The van der Waals surface area contributed by atoms with Crippen LogP contribution in [0.4, 0.5) is 0 Å². The van der Waals surface area contributed by atoms with Gasteiger partial charge in [0.2, 0.25) is 0 Å². The molecule has 1 aromatic carbocycles. The Labute approximate surface area is 110 Å². The molecule has 2 atom stereocenters. The van der Waals surface area contributed by atoms with Gasteiger partial charge in [-0.25, -0.2) is 0 Å². The normalized spacial score (nSPS) is 18.7. The zero-order valence-corrected chi connectivity index (χ0v) is 11.6. The van der Waals surface area contributed by atoms with E-state index in [4.69, 9.17) is 10.5 Å². The minimum Gasteiger partial charge on any atom is -0.497 e. The van der Waals surface area contributed by atoms with Crippen LogP contribution in [0.15, 0.2) is 24.3 Å². The molecular formula is C15H24N2O. The molecule has 2 N–H and O–H groups in total. The first kappa shape index (κ1) is 13.4. The molecule has 0 aromatic heterocycles. The summed E-state index contributed by atoms with van der Waals surface area (Å²) in [5.41, 5.74) is 7.44. The zero-order valence-electron chi connectivity index (χ0n) is 11.6. The molecule has 0 spiro atoms. The smallest absolute Gasteiger partial charge is 0.118 e. The van der Waals surface area contributed by atoms with Crippen molar-refractivity contribution in [3.63, 3.8) is 0 Å². The van der Waals surface area contributed by atoms with E-state index in [1.807, 2.05) is 12.1 Å². The van der Waals surface area contributed by atoms with Crippen molar-refractivity contribution in [2.45, 2.75) is 31.8 Å². The molecule has 18 heavy (non-hydrogen) atoms. The molecule has 3 nitrogen and oxygen atoms in total. The van der Waals surface area contributed by atoms with Crippen LogP contribution in [0.2, 0.25) is 0 Å². The highest BCUT2D eigenvalue weighted by Gasteiger charge is 2.30. The molecule has 0 heterocycles. The molecule has 1 aromatic rings. The quantitative estimate of drug-likeness (QED) is 0.840. The standard InChI is InChI=1S/C15H24N2O/c1-11(12-4-5-12)17(2)10-15(16)13-6-8-14(18-3)9-7-13/h6-9,11-12,15H,4-5,10,16H2,1-3H3. The Morgan fingerprint density at radius 3 is 2.44 bits per heavy atom. The molecule has 1 aliphatic carbocycles. The van der Waals surface area contributed by atoms with Gasteiger partial charge in [0, 0.05) is 18.6 Å². The maximum Gasteiger partial charge on any atom is 0.118 e. The third-order valence-corrected chi connectivity index (χ3v) is 4.03. The van der Waals surface area contributed by atoms with Gasteiger partial charge in [-0.2, -0.15) is 0 Å². The third-order valence-electron chi connectivity index (χ3n) is 4.03. The van der Waals surface area contributed by atoms with E-state index in [0.29, 0.717) is 6.04 Å². The van der Waals surface area contributed by atoms with E-state index in [-0.39, 0.29) is 6.04 Å². The van der Waals surface area contributed by atoms with Gasteiger partial charge in [0.1, 0.15) is 5.75 Å². The Morgan fingerprint density at radius 2 is 1.94 bits per heavy atom. The zero-order chi connectivity index (χ0) is 13.1. The van der Waals surface area contributed by atoms with Crippen LogP contribution in [0.3, 0.4) is 0 Å². The highest BCUT2D eigenvalue weighted by Crippen LogP contribution is 2.35. The van der Waals surface area contributed by atoms with Crippen molar-refractivity contribution in [2.24, 2.45) is 11.7 Å². The number of ether oxygens (including phenoxy) is 1. The Balaban J connectivity index is 1.91. The lowest BCUT2D eigenvalue weighted by Crippen LogP contribution is -2.36. The van der Waals surface area contributed by atoms with Crippen molar-refractivity contribution in [3.8, 4) is 5.75 Å². The average Bonchev–Trinajstić information content (AvgIpc) is 3.22. The topological polar surface area (TPSA) is 38.5 Å². The van der Waals surface area contributed by atoms with Crippen molar-refractivity contribution in [1.82, 2.24) is 4.90 Å². The summed E-state index contributed by atoms with van der Waals surface area (Å²) in [6.45, 7) is 3.21. The van der Waals surface area contributed by atoms with E-state index >= 15 is 0 Å². The number of hydrogen-bond donors (Lipinski definition) is 1. The van der Waals surface area contributed by atoms with Gasteiger partial charge in [0.05, 0.1) is 7.11 Å². The van der Waals surface area contributed by atoms with E-state index in [2.05, 4.69) is 31.0 Å². The second kappa shape index (κ2) is 5.72. The Kier molecular flexibility index (Phi) is 4.25. The van der Waals surface area contributed by atoms with Crippen LogP contribution >= 0.6 is 0 Å². The number of nitrogens with zero attached hydrogens (tertiary/aromatic N) is 1. The van der Waals surface area contributed by atoms with Crippen LogP contribution < -0.4 is 10.5 Å². The van der Waals surface area contributed by atoms with E-state index < -0.39 is 0 Å². The lowest BCUT2D eigenvalue weighted by atomic mass is 10.1. The summed E-state index contributed by atoms with van der Waals surface area (Å²) in [5, 5.41) is 0. The minimum atomic E-state index is 0.0714. The molecule has 2 rings (SSSR count). The van der Waals surface area contributed by atoms with Crippen molar-refractivity contribution in [2.75, 3.05) is 20.7 Å². The molecule has 3 heteroatoms. The highest BCUT2D eigenvalue weighted by molar-refractivity contribution is 5.29. The molecule has 0 amide bonds. The number of likely N-dealkylation sites (N-methyl/N-ethyl adjacent to an activating group) is 1. The molecule has 1 fully saturated rings. The van der Waals surface area contributed by atoms with Gasteiger partial charge in [0.25, 0.3) is 0 Å². The summed E-state index contributed by atoms with van der Waals surface area (Å²) in [6.07, 6.45) is 2.76. The first-order chi connectivity index (χ1) is 8.61. The van der Waals surface area contributed by atoms with Crippen molar-refractivity contribution >= 4 is 0 Å². The van der Waals surface area contributed by atoms with Crippen LogP contribution in [0.25, 0.3) is 0 Å². The molecular weight excluding hydrogens is 224 g/mol. The lowest BCUT2D eigenvalue weighted by molar-refractivity contribution is 0.221.